The number of halogens is 4. The van der Waals surface area contributed by atoms with E-state index in [4.69, 9.17) is 17.0 Å². The van der Waals surface area contributed by atoms with Gasteiger partial charge in [0, 0.05) is 44.8 Å². The van der Waals surface area contributed by atoms with E-state index in [1.165, 1.54) is 43.0 Å². The molecule has 0 aliphatic carbocycles. The van der Waals surface area contributed by atoms with Crippen LogP contribution in [0.3, 0.4) is 0 Å². The molecule has 3 aromatic carbocycles. The van der Waals surface area contributed by atoms with E-state index in [0.717, 1.165) is 34.0 Å². The number of nitrogens with one attached hydrogen (secondary N) is 1. The summed E-state index contributed by atoms with van der Waals surface area (Å²) in [5.41, 5.74) is -2.80. The van der Waals surface area contributed by atoms with Gasteiger partial charge in [-0.1, -0.05) is 0 Å². The third kappa shape index (κ3) is 6.99. The smallest absolute Gasteiger partial charge is 0.417 e. The number of ether oxygens (including phenoxy) is 1. The maximum absolute atomic E-state index is 15.8. The summed E-state index contributed by atoms with van der Waals surface area (Å²) >= 11 is 5.57. The van der Waals surface area contributed by atoms with Crippen molar-refractivity contribution >= 4 is 64.1 Å². The Morgan fingerprint density at radius 2 is 1.62 bits per heavy atom. The van der Waals surface area contributed by atoms with Crippen LogP contribution in [0.5, 0.6) is 5.75 Å². The molecule has 6 aliphatic heterocycles. The van der Waals surface area contributed by atoms with Crippen LogP contribution in [-0.4, -0.2) is 105 Å². The number of piperidine rings is 2. The minimum absolute atomic E-state index is 0.0325. The zero-order valence-electron chi connectivity index (χ0n) is 34.0. The van der Waals surface area contributed by atoms with Crippen molar-refractivity contribution in [3.63, 3.8) is 0 Å². The first-order valence-electron chi connectivity index (χ1n) is 20.5. The molecule has 326 valence electrons. The van der Waals surface area contributed by atoms with E-state index >= 15 is 4.39 Å². The number of rotatable bonds is 6. The second-order valence-electron chi connectivity index (χ2n) is 17.5. The molecule has 0 radical (unpaired) electrons. The number of thiocarbonyl (C=S) groups is 1. The van der Waals surface area contributed by atoms with Gasteiger partial charge >= 0.3 is 6.18 Å². The Labute approximate surface area is 363 Å². The number of carbonyl (C=O) groups is 6. The fourth-order valence-electron chi connectivity index (χ4n) is 9.73. The lowest BCUT2D eigenvalue weighted by molar-refractivity contribution is -0.138. The summed E-state index contributed by atoms with van der Waals surface area (Å²) in [6, 6.07) is 10.4. The number of imide groups is 2. The molecule has 9 rings (SSSR count). The Bertz CT molecular complexity index is 2610. The fourth-order valence-corrected chi connectivity index (χ4v) is 10.3. The molecule has 4 fully saturated rings. The summed E-state index contributed by atoms with van der Waals surface area (Å²) in [6.07, 6.45) is -2.05. The Hall–Kier alpha value is -6.26. The standard InChI is InChI=1S/C44H39F4N7O7S/c1-42(2)40(61)53(26-4-3-25(19-49)31(16-26)44(46,47)48)41(63)55(42)27-5-6-28(32(45)17-27)37(58)52-13-10-23(11-14-52)20-51-21-43(22-51)12-9-24-15-29-30(18-34(24)62-43)39(60)54(38(29)59)33-7-8-35(56)50-36(33)57/h3-6,15-18,23,33H,7-14,20-22H2,1-2H3,(H,50,56,57). The Balaban J connectivity index is 0.797. The molecule has 0 saturated carbocycles. The molecule has 6 aliphatic rings. The lowest BCUT2D eigenvalue weighted by Crippen LogP contribution is -2.66. The van der Waals surface area contributed by atoms with Crippen LogP contribution in [-0.2, 0) is 27.0 Å². The summed E-state index contributed by atoms with van der Waals surface area (Å²) in [5, 5.41) is 11.2. The first-order chi connectivity index (χ1) is 29.8. The lowest BCUT2D eigenvalue weighted by atomic mass is 9.82. The molecule has 1 unspecified atom stereocenters. The van der Waals surface area contributed by atoms with Crippen molar-refractivity contribution in [1.82, 2.24) is 20.0 Å². The number of alkyl halides is 3. The van der Waals surface area contributed by atoms with Gasteiger partial charge in [0.2, 0.25) is 11.8 Å². The highest BCUT2D eigenvalue weighted by molar-refractivity contribution is 7.81. The number of nitrogens with zero attached hydrogens (tertiary/aromatic N) is 6. The van der Waals surface area contributed by atoms with E-state index in [1.54, 1.807) is 17.0 Å². The Morgan fingerprint density at radius 1 is 0.937 bits per heavy atom. The van der Waals surface area contributed by atoms with Crippen LogP contribution in [0.1, 0.15) is 93.7 Å². The molecular weight excluding hydrogens is 847 g/mol. The third-order valence-electron chi connectivity index (χ3n) is 13.0. The minimum Gasteiger partial charge on any atom is -0.484 e. The normalized spacial score (nSPS) is 22.2. The second kappa shape index (κ2) is 14.9. The molecule has 0 bridgehead atoms. The summed E-state index contributed by atoms with van der Waals surface area (Å²) < 4.78 is 63.6. The molecule has 1 N–H and O–H groups in total. The number of nitriles is 1. The summed E-state index contributed by atoms with van der Waals surface area (Å²) in [4.78, 5) is 85.1. The monoisotopic (exact) mass is 885 g/mol. The van der Waals surface area contributed by atoms with Gasteiger partial charge in [0.15, 0.2) is 5.11 Å². The quantitative estimate of drug-likeness (QED) is 0.202. The maximum Gasteiger partial charge on any atom is 0.417 e. The van der Waals surface area contributed by atoms with E-state index in [2.05, 4.69) is 10.2 Å². The van der Waals surface area contributed by atoms with Crippen molar-refractivity contribution in [3.8, 4) is 11.8 Å². The number of aryl methyl sites for hydroxylation is 1. The summed E-state index contributed by atoms with van der Waals surface area (Å²) in [6.45, 7) is 5.87. The van der Waals surface area contributed by atoms with Crippen molar-refractivity contribution in [2.45, 2.75) is 75.7 Å². The molecule has 14 nitrogen and oxygen atoms in total. The maximum atomic E-state index is 15.8. The molecule has 0 aromatic heterocycles. The van der Waals surface area contributed by atoms with Crippen molar-refractivity contribution in [2.24, 2.45) is 5.92 Å². The van der Waals surface area contributed by atoms with E-state index in [9.17, 15) is 47.2 Å². The SMILES string of the molecule is CC1(C)C(=O)N(c2ccc(C#N)c(C(F)(F)F)c2)C(=S)N1c1ccc(C(=O)N2CCC(CN3CC4(CCc5cc6c(cc5O4)C(=O)N(C4CCC(=O)NC4=O)C6=O)C3)CC2)c(F)c1. The molecule has 3 aromatic rings. The number of fused-ring (bicyclic) bond motifs is 2. The van der Waals surface area contributed by atoms with Crippen LogP contribution >= 0.6 is 12.2 Å². The average molecular weight is 886 g/mol. The van der Waals surface area contributed by atoms with Crippen LogP contribution in [0.25, 0.3) is 0 Å². The van der Waals surface area contributed by atoms with E-state index in [1.807, 2.05) is 0 Å². The van der Waals surface area contributed by atoms with Crippen molar-refractivity contribution in [1.29, 1.82) is 5.26 Å². The minimum atomic E-state index is -4.87. The van der Waals surface area contributed by atoms with Crippen LogP contribution in [0, 0.1) is 23.1 Å². The number of likely N-dealkylation sites (tertiary alicyclic amines) is 2. The number of benzene rings is 3. The molecular formula is C44H39F4N7O7S. The van der Waals surface area contributed by atoms with Crippen molar-refractivity contribution in [2.75, 3.05) is 42.5 Å². The van der Waals surface area contributed by atoms with Gasteiger partial charge in [-0.15, -0.1) is 0 Å². The van der Waals surface area contributed by atoms with Gasteiger partial charge < -0.3 is 14.5 Å². The number of amides is 6. The molecule has 19 heteroatoms. The molecule has 1 spiro atoms. The molecule has 6 amide bonds. The molecule has 4 saturated heterocycles. The van der Waals surface area contributed by atoms with E-state index in [-0.39, 0.29) is 51.9 Å². The van der Waals surface area contributed by atoms with Crippen LogP contribution in [0.15, 0.2) is 48.5 Å². The molecule has 63 heavy (non-hydrogen) atoms. The van der Waals surface area contributed by atoms with Gasteiger partial charge in [-0.3, -0.25) is 48.8 Å². The van der Waals surface area contributed by atoms with Crippen molar-refractivity contribution in [3.05, 3.63) is 87.7 Å². The molecule has 6 heterocycles. The predicted molar refractivity (Wildman–Crippen MR) is 219 cm³/mol. The number of hydrogen-bond acceptors (Lipinski definition) is 10. The van der Waals surface area contributed by atoms with Crippen LogP contribution in [0.4, 0.5) is 28.9 Å². The zero-order valence-corrected chi connectivity index (χ0v) is 34.8. The summed E-state index contributed by atoms with van der Waals surface area (Å²) in [5.74, 6) is -3.48. The van der Waals surface area contributed by atoms with Gasteiger partial charge in [0.05, 0.1) is 39.6 Å². The summed E-state index contributed by atoms with van der Waals surface area (Å²) in [7, 11) is 0. The number of anilines is 2. The van der Waals surface area contributed by atoms with Crippen LogP contribution in [0.2, 0.25) is 0 Å². The van der Waals surface area contributed by atoms with Gasteiger partial charge in [0.25, 0.3) is 23.6 Å². The predicted octanol–water partition coefficient (Wildman–Crippen LogP) is 4.97. The van der Waals surface area contributed by atoms with Gasteiger partial charge in [0.1, 0.15) is 28.7 Å². The second-order valence-corrected chi connectivity index (χ2v) is 17.8. The Morgan fingerprint density at radius 3 is 2.27 bits per heavy atom. The highest BCUT2D eigenvalue weighted by Crippen LogP contribution is 2.44. The van der Waals surface area contributed by atoms with E-state index in [0.29, 0.717) is 63.7 Å². The zero-order chi connectivity index (χ0) is 44.9. The lowest BCUT2D eigenvalue weighted by Gasteiger charge is -2.53. The van der Waals surface area contributed by atoms with Gasteiger partial charge in [-0.05, 0) is 118 Å². The van der Waals surface area contributed by atoms with Gasteiger partial charge in [-0.25, -0.2) is 4.39 Å². The first-order valence-corrected chi connectivity index (χ1v) is 20.9. The highest BCUT2D eigenvalue weighted by atomic mass is 32.1. The number of carbonyl (C=O) groups excluding carboxylic acids is 6. The average Bonchev–Trinajstić information content (AvgIpc) is 3.56. The fraction of sp³-hybridized carbons (Fsp3) is 0.409. The van der Waals surface area contributed by atoms with E-state index < -0.39 is 75.7 Å². The Kier molecular flexibility index (Phi) is 9.97. The van der Waals surface area contributed by atoms with Crippen molar-refractivity contribution < 1.29 is 51.1 Å². The molecule has 1 atom stereocenters. The topological polar surface area (TPSA) is 164 Å². The number of hydrogen-bond donors (Lipinski definition) is 1. The third-order valence-corrected chi connectivity index (χ3v) is 13.4. The van der Waals surface area contributed by atoms with Gasteiger partial charge in [-0.2, -0.15) is 18.4 Å². The highest BCUT2D eigenvalue weighted by Gasteiger charge is 2.52. The first kappa shape index (κ1) is 42.1. The largest absolute Gasteiger partial charge is 0.484 e. The van der Waals surface area contributed by atoms with Crippen LogP contribution < -0.4 is 19.9 Å².